The van der Waals surface area contributed by atoms with Crippen molar-refractivity contribution in [3.63, 3.8) is 0 Å². The molecule has 0 atom stereocenters. The molecule has 0 saturated heterocycles. The minimum Gasteiger partial charge on any atom is -0.136 e. The molecule has 0 saturated carbocycles. The second-order valence-corrected chi connectivity index (χ2v) is 5.39. The van der Waals surface area contributed by atoms with Crippen molar-refractivity contribution in [1.82, 2.24) is 0 Å². The zero-order valence-electron chi connectivity index (χ0n) is 10.0. The molecule has 3 rings (SSSR count). The summed E-state index contributed by atoms with van der Waals surface area (Å²) in [5.41, 5.74) is 1.36. The standard InChI is InChI=1S/C17H14S/c1-2-7-14(8-3-1)9-6-11-16-13-15-10-4-5-12-17(15)18-16/h1-8,10-13H,9H2/b11-6+. The molecule has 0 unspecified atom stereocenters. The van der Waals surface area contributed by atoms with Gasteiger partial charge in [-0.1, -0.05) is 54.6 Å². The zero-order valence-corrected chi connectivity index (χ0v) is 10.9. The maximum Gasteiger partial charge on any atom is 0.0349 e. The van der Waals surface area contributed by atoms with E-state index in [1.807, 2.05) is 11.3 Å². The average molecular weight is 250 g/mol. The van der Waals surface area contributed by atoms with Crippen molar-refractivity contribution < 1.29 is 0 Å². The predicted molar refractivity (Wildman–Crippen MR) is 81.0 cm³/mol. The molecule has 0 spiro atoms. The lowest BCUT2D eigenvalue weighted by Crippen LogP contribution is -1.77. The number of benzene rings is 2. The van der Waals surface area contributed by atoms with Gasteiger partial charge >= 0.3 is 0 Å². The van der Waals surface area contributed by atoms with Crippen LogP contribution in [-0.4, -0.2) is 0 Å². The smallest absolute Gasteiger partial charge is 0.0349 e. The third kappa shape index (κ3) is 2.52. The molecule has 2 aromatic carbocycles. The summed E-state index contributed by atoms with van der Waals surface area (Å²) < 4.78 is 1.36. The van der Waals surface area contributed by atoms with Crippen molar-refractivity contribution in [1.29, 1.82) is 0 Å². The highest BCUT2D eigenvalue weighted by Crippen LogP contribution is 2.26. The molecule has 0 bridgehead atoms. The predicted octanol–water partition coefficient (Wildman–Crippen LogP) is 5.16. The normalized spacial score (nSPS) is 11.3. The summed E-state index contributed by atoms with van der Waals surface area (Å²) >= 11 is 1.85. The van der Waals surface area contributed by atoms with E-state index in [-0.39, 0.29) is 0 Å². The van der Waals surface area contributed by atoms with Crippen molar-refractivity contribution in [3.8, 4) is 0 Å². The summed E-state index contributed by atoms with van der Waals surface area (Å²) in [6, 6.07) is 21.3. The second kappa shape index (κ2) is 5.19. The Morgan fingerprint density at radius 3 is 2.50 bits per heavy atom. The summed E-state index contributed by atoms with van der Waals surface area (Å²) in [6.07, 6.45) is 5.45. The van der Waals surface area contributed by atoms with Crippen LogP contribution in [-0.2, 0) is 6.42 Å². The Hall–Kier alpha value is -1.86. The summed E-state index contributed by atoms with van der Waals surface area (Å²) in [5.74, 6) is 0. The van der Waals surface area contributed by atoms with Gasteiger partial charge in [0.1, 0.15) is 0 Å². The van der Waals surface area contributed by atoms with Crippen molar-refractivity contribution in [2.45, 2.75) is 6.42 Å². The molecule has 0 N–H and O–H groups in total. The minimum absolute atomic E-state index is 0.995. The van der Waals surface area contributed by atoms with Crippen molar-refractivity contribution >= 4 is 27.5 Å². The van der Waals surface area contributed by atoms with Crippen LogP contribution in [0.5, 0.6) is 0 Å². The van der Waals surface area contributed by atoms with E-state index in [2.05, 4.69) is 72.8 Å². The molecule has 3 aromatic rings. The van der Waals surface area contributed by atoms with Crippen molar-refractivity contribution in [2.75, 3.05) is 0 Å². The van der Waals surface area contributed by atoms with Gasteiger partial charge in [0.25, 0.3) is 0 Å². The van der Waals surface area contributed by atoms with Gasteiger partial charge in [0.2, 0.25) is 0 Å². The molecule has 1 heterocycles. The van der Waals surface area contributed by atoms with Gasteiger partial charge in [0.15, 0.2) is 0 Å². The fraction of sp³-hybridized carbons (Fsp3) is 0.0588. The third-order valence-corrected chi connectivity index (χ3v) is 4.00. The maximum absolute atomic E-state index is 2.25. The zero-order chi connectivity index (χ0) is 12.2. The molecule has 18 heavy (non-hydrogen) atoms. The van der Waals surface area contributed by atoms with Gasteiger partial charge in [-0.05, 0) is 35.6 Å². The second-order valence-electron chi connectivity index (χ2n) is 4.28. The lowest BCUT2D eigenvalue weighted by molar-refractivity contribution is 1.28. The largest absolute Gasteiger partial charge is 0.136 e. The first kappa shape index (κ1) is 11.2. The summed E-state index contributed by atoms with van der Waals surface area (Å²) in [4.78, 5) is 1.33. The Morgan fingerprint density at radius 1 is 0.889 bits per heavy atom. The van der Waals surface area contributed by atoms with E-state index < -0.39 is 0 Å². The van der Waals surface area contributed by atoms with Crippen LogP contribution in [0.4, 0.5) is 0 Å². The molecule has 0 aliphatic heterocycles. The van der Waals surface area contributed by atoms with Gasteiger partial charge in [-0.15, -0.1) is 11.3 Å². The number of allylic oxidation sites excluding steroid dienone is 1. The fourth-order valence-electron chi connectivity index (χ4n) is 2.01. The molecule has 0 fully saturated rings. The van der Waals surface area contributed by atoms with E-state index in [1.54, 1.807) is 0 Å². The monoisotopic (exact) mass is 250 g/mol. The summed E-state index contributed by atoms with van der Waals surface area (Å²) in [5, 5.41) is 1.34. The van der Waals surface area contributed by atoms with Crippen LogP contribution in [0.15, 0.2) is 66.7 Å². The highest BCUT2D eigenvalue weighted by molar-refractivity contribution is 7.19. The maximum atomic E-state index is 2.25. The Kier molecular flexibility index (Phi) is 3.24. The topological polar surface area (TPSA) is 0 Å². The van der Waals surface area contributed by atoms with E-state index >= 15 is 0 Å². The molecular weight excluding hydrogens is 236 g/mol. The Bertz CT molecular complexity index is 629. The quantitative estimate of drug-likeness (QED) is 0.602. The van der Waals surface area contributed by atoms with E-state index in [0.29, 0.717) is 0 Å². The van der Waals surface area contributed by atoms with Crippen LogP contribution in [0.1, 0.15) is 10.4 Å². The molecule has 0 aliphatic rings. The van der Waals surface area contributed by atoms with Gasteiger partial charge in [-0.2, -0.15) is 0 Å². The van der Waals surface area contributed by atoms with Crippen LogP contribution in [0.3, 0.4) is 0 Å². The van der Waals surface area contributed by atoms with Crippen LogP contribution in [0.25, 0.3) is 16.2 Å². The number of rotatable bonds is 3. The summed E-state index contributed by atoms with van der Waals surface area (Å²) in [7, 11) is 0. The van der Waals surface area contributed by atoms with Crippen molar-refractivity contribution in [2.24, 2.45) is 0 Å². The molecule has 0 radical (unpaired) electrons. The molecular formula is C17H14S. The van der Waals surface area contributed by atoms with Gasteiger partial charge in [-0.25, -0.2) is 0 Å². The first-order valence-electron chi connectivity index (χ1n) is 6.11. The van der Waals surface area contributed by atoms with Crippen LogP contribution in [0, 0.1) is 0 Å². The molecule has 88 valence electrons. The third-order valence-electron chi connectivity index (χ3n) is 2.92. The Morgan fingerprint density at radius 2 is 1.67 bits per heavy atom. The van der Waals surface area contributed by atoms with Gasteiger partial charge in [0.05, 0.1) is 0 Å². The number of hydrogen-bond donors (Lipinski definition) is 0. The minimum atomic E-state index is 0.995. The highest BCUT2D eigenvalue weighted by Gasteiger charge is 1.97. The Labute approximate surface area is 111 Å². The van der Waals surface area contributed by atoms with Gasteiger partial charge in [0, 0.05) is 9.58 Å². The lowest BCUT2D eigenvalue weighted by Gasteiger charge is -1.93. The average Bonchev–Trinajstić information content (AvgIpc) is 2.82. The first-order chi connectivity index (χ1) is 8.92. The molecule has 0 nitrogen and oxygen atoms in total. The molecule has 0 amide bonds. The highest BCUT2D eigenvalue weighted by atomic mass is 32.1. The van der Waals surface area contributed by atoms with Gasteiger partial charge < -0.3 is 0 Å². The first-order valence-corrected chi connectivity index (χ1v) is 6.92. The number of hydrogen-bond acceptors (Lipinski definition) is 1. The summed E-state index contributed by atoms with van der Waals surface area (Å²) in [6.45, 7) is 0. The molecule has 1 heteroatoms. The molecule has 0 aliphatic carbocycles. The van der Waals surface area contributed by atoms with Crippen molar-refractivity contribution in [3.05, 3.63) is 77.2 Å². The van der Waals surface area contributed by atoms with Crippen LogP contribution < -0.4 is 0 Å². The number of fused-ring (bicyclic) bond motifs is 1. The fourth-order valence-corrected chi connectivity index (χ4v) is 3.01. The Balaban J connectivity index is 1.76. The lowest BCUT2D eigenvalue weighted by atomic mass is 10.1. The van der Waals surface area contributed by atoms with E-state index in [4.69, 9.17) is 0 Å². The van der Waals surface area contributed by atoms with E-state index in [0.717, 1.165) is 6.42 Å². The SMILES string of the molecule is C(=C\c1cc2ccccc2s1)/Cc1ccccc1. The molecule has 1 aromatic heterocycles. The van der Waals surface area contributed by atoms with Gasteiger partial charge in [-0.3, -0.25) is 0 Å². The van der Waals surface area contributed by atoms with E-state index in [9.17, 15) is 0 Å². The van der Waals surface area contributed by atoms with E-state index in [1.165, 1.54) is 20.5 Å². The van der Waals surface area contributed by atoms with Crippen LogP contribution in [0.2, 0.25) is 0 Å². The number of thiophene rings is 1. The van der Waals surface area contributed by atoms with Crippen LogP contribution >= 0.6 is 11.3 Å².